The molecule has 1 heterocycles. The number of ether oxygens (including phenoxy) is 1. The van der Waals surface area contributed by atoms with Gasteiger partial charge in [0.25, 0.3) is 0 Å². The minimum Gasteiger partial charge on any atom is -0.497 e. The fourth-order valence-electron chi connectivity index (χ4n) is 1.29. The van der Waals surface area contributed by atoms with Crippen LogP contribution in [-0.2, 0) is 9.59 Å². The molecule has 3 N–H and O–H groups in total. The molecule has 0 unspecified atom stereocenters. The molecule has 98 valence electrons. The molecule has 0 aliphatic heterocycles. The molecule has 1 aromatic carbocycles. The lowest BCUT2D eigenvalue weighted by Crippen LogP contribution is -2.29. The van der Waals surface area contributed by atoms with Crippen molar-refractivity contribution < 1.29 is 14.3 Å². The van der Waals surface area contributed by atoms with E-state index in [9.17, 15) is 9.59 Å². The van der Waals surface area contributed by atoms with Crippen LogP contribution in [0.5, 0.6) is 5.75 Å². The van der Waals surface area contributed by atoms with Gasteiger partial charge in [-0.3, -0.25) is 14.9 Å². The normalized spacial score (nSPS) is 9.74. The third-order valence-corrected chi connectivity index (χ3v) is 2.20. The van der Waals surface area contributed by atoms with Crippen LogP contribution in [0.3, 0.4) is 0 Å². The van der Waals surface area contributed by atoms with E-state index in [-0.39, 0.29) is 5.95 Å². The zero-order valence-electron chi connectivity index (χ0n) is 10.0. The highest BCUT2D eigenvalue weighted by atomic mass is 16.5. The van der Waals surface area contributed by atoms with Gasteiger partial charge < -0.3 is 10.1 Å². The Labute approximate surface area is 108 Å². The standard InChI is InChI=1S/C11H11N5O3/c1-19-8-4-2-7(3-5-8)14-9(17)10(18)15-11-12-6-13-16-11/h2-6H,1H3,(H,14,17)(H2,12,13,15,16,18). The van der Waals surface area contributed by atoms with E-state index in [1.54, 1.807) is 31.4 Å². The summed E-state index contributed by atoms with van der Waals surface area (Å²) in [4.78, 5) is 26.8. The Bertz CT molecular complexity index is 565. The van der Waals surface area contributed by atoms with Crippen LogP contribution in [0.2, 0.25) is 0 Å². The average Bonchev–Trinajstić information content (AvgIpc) is 2.92. The number of methoxy groups -OCH3 is 1. The lowest BCUT2D eigenvalue weighted by molar-refractivity contribution is -0.133. The summed E-state index contributed by atoms with van der Waals surface area (Å²) < 4.78 is 4.98. The quantitative estimate of drug-likeness (QED) is 0.692. The van der Waals surface area contributed by atoms with Gasteiger partial charge in [0.15, 0.2) is 0 Å². The molecular weight excluding hydrogens is 250 g/mol. The molecule has 0 saturated heterocycles. The van der Waals surface area contributed by atoms with Gasteiger partial charge in [-0.15, -0.1) is 0 Å². The summed E-state index contributed by atoms with van der Waals surface area (Å²) in [6.07, 6.45) is 1.22. The zero-order chi connectivity index (χ0) is 13.7. The summed E-state index contributed by atoms with van der Waals surface area (Å²) >= 11 is 0. The molecule has 0 atom stereocenters. The van der Waals surface area contributed by atoms with Crippen LogP contribution >= 0.6 is 0 Å². The fourth-order valence-corrected chi connectivity index (χ4v) is 1.29. The van der Waals surface area contributed by atoms with E-state index < -0.39 is 11.8 Å². The van der Waals surface area contributed by atoms with Crippen LogP contribution in [0.4, 0.5) is 11.6 Å². The molecule has 2 rings (SSSR count). The summed E-state index contributed by atoms with van der Waals surface area (Å²) in [7, 11) is 1.54. The highest BCUT2D eigenvalue weighted by molar-refractivity contribution is 6.43. The second-order valence-electron chi connectivity index (χ2n) is 3.47. The zero-order valence-corrected chi connectivity index (χ0v) is 10.0. The Kier molecular flexibility index (Phi) is 3.72. The summed E-state index contributed by atoms with van der Waals surface area (Å²) in [5.74, 6) is -0.881. The lowest BCUT2D eigenvalue weighted by Gasteiger charge is -2.05. The topological polar surface area (TPSA) is 109 Å². The van der Waals surface area contributed by atoms with Gasteiger partial charge in [0, 0.05) is 5.69 Å². The molecule has 2 amide bonds. The SMILES string of the molecule is COc1ccc(NC(=O)C(=O)Nc2ncn[nH]2)cc1. The smallest absolute Gasteiger partial charge is 0.316 e. The Morgan fingerprint density at radius 1 is 1.16 bits per heavy atom. The van der Waals surface area contributed by atoms with Gasteiger partial charge in [0.1, 0.15) is 12.1 Å². The predicted octanol–water partition coefficient (Wildman–Crippen LogP) is 0.390. The third kappa shape index (κ3) is 3.28. The number of anilines is 2. The van der Waals surface area contributed by atoms with Gasteiger partial charge in [0.05, 0.1) is 7.11 Å². The summed E-state index contributed by atoms with van der Waals surface area (Å²) in [6.45, 7) is 0. The molecule has 0 radical (unpaired) electrons. The van der Waals surface area contributed by atoms with Crippen molar-refractivity contribution in [2.45, 2.75) is 0 Å². The van der Waals surface area contributed by atoms with Gasteiger partial charge in [-0.1, -0.05) is 0 Å². The van der Waals surface area contributed by atoms with Crippen LogP contribution in [0, 0.1) is 0 Å². The van der Waals surface area contributed by atoms with Gasteiger partial charge in [-0.2, -0.15) is 10.1 Å². The molecule has 19 heavy (non-hydrogen) atoms. The minimum absolute atomic E-state index is 0.106. The number of benzene rings is 1. The first-order chi connectivity index (χ1) is 9.19. The van der Waals surface area contributed by atoms with Gasteiger partial charge in [0.2, 0.25) is 5.95 Å². The van der Waals surface area contributed by atoms with Crippen LogP contribution < -0.4 is 15.4 Å². The van der Waals surface area contributed by atoms with Crippen molar-refractivity contribution in [1.82, 2.24) is 15.2 Å². The van der Waals surface area contributed by atoms with E-state index in [0.717, 1.165) is 0 Å². The second kappa shape index (κ2) is 5.63. The van der Waals surface area contributed by atoms with Gasteiger partial charge >= 0.3 is 11.8 Å². The number of hydrogen-bond donors (Lipinski definition) is 3. The Hall–Kier alpha value is -2.90. The maximum Gasteiger partial charge on any atom is 0.316 e. The average molecular weight is 261 g/mol. The number of aromatic nitrogens is 3. The van der Waals surface area contributed by atoms with Crippen molar-refractivity contribution in [2.24, 2.45) is 0 Å². The monoisotopic (exact) mass is 261 g/mol. The van der Waals surface area contributed by atoms with Crippen molar-refractivity contribution in [2.75, 3.05) is 17.7 Å². The highest BCUT2D eigenvalue weighted by Crippen LogP contribution is 2.14. The molecule has 0 saturated carbocycles. The van der Waals surface area contributed by atoms with Crippen LogP contribution in [-0.4, -0.2) is 34.1 Å². The van der Waals surface area contributed by atoms with E-state index in [1.165, 1.54) is 6.33 Å². The molecular formula is C11H11N5O3. The summed E-state index contributed by atoms with van der Waals surface area (Å²) in [5.41, 5.74) is 0.485. The van der Waals surface area contributed by atoms with E-state index in [2.05, 4.69) is 25.8 Å². The number of amides is 2. The minimum atomic E-state index is -0.840. The largest absolute Gasteiger partial charge is 0.497 e. The molecule has 1 aromatic heterocycles. The van der Waals surface area contributed by atoms with E-state index in [0.29, 0.717) is 11.4 Å². The molecule has 2 aromatic rings. The Balaban J connectivity index is 1.94. The second-order valence-corrected chi connectivity index (χ2v) is 3.47. The van der Waals surface area contributed by atoms with E-state index in [4.69, 9.17) is 4.74 Å². The van der Waals surface area contributed by atoms with Crippen LogP contribution in [0.15, 0.2) is 30.6 Å². The molecule has 8 heteroatoms. The molecule has 0 aliphatic rings. The highest BCUT2D eigenvalue weighted by Gasteiger charge is 2.15. The first-order valence-electron chi connectivity index (χ1n) is 5.31. The van der Waals surface area contributed by atoms with Crippen molar-refractivity contribution in [3.8, 4) is 5.75 Å². The number of hydrogen-bond acceptors (Lipinski definition) is 5. The van der Waals surface area contributed by atoms with Crippen molar-refractivity contribution in [3.63, 3.8) is 0 Å². The third-order valence-electron chi connectivity index (χ3n) is 2.20. The first-order valence-corrected chi connectivity index (χ1v) is 5.31. The number of carbonyl (C=O) groups excluding carboxylic acids is 2. The predicted molar refractivity (Wildman–Crippen MR) is 66.6 cm³/mol. The van der Waals surface area contributed by atoms with Gasteiger partial charge in [-0.05, 0) is 24.3 Å². The maximum absolute atomic E-state index is 11.6. The van der Waals surface area contributed by atoms with Crippen molar-refractivity contribution in [1.29, 1.82) is 0 Å². The molecule has 0 aliphatic carbocycles. The molecule has 8 nitrogen and oxygen atoms in total. The van der Waals surface area contributed by atoms with E-state index >= 15 is 0 Å². The Morgan fingerprint density at radius 3 is 2.42 bits per heavy atom. The number of carbonyl (C=O) groups is 2. The number of nitrogens with zero attached hydrogens (tertiary/aromatic N) is 2. The van der Waals surface area contributed by atoms with Crippen LogP contribution in [0.1, 0.15) is 0 Å². The maximum atomic E-state index is 11.6. The fraction of sp³-hybridized carbons (Fsp3) is 0.0909. The van der Waals surface area contributed by atoms with Crippen molar-refractivity contribution in [3.05, 3.63) is 30.6 Å². The van der Waals surface area contributed by atoms with Crippen LogP contribution in [0.25, 0.3) is 0 Å². The molecule has 0 spiro atoms. The summed E-state index contributed by atoms with van der Waals surface area (Å²) in [5, 5.41) is 10.6. The van der Waals surface area contributed by atoms with Gasteiger partial charge in [-0.25, -0.2) is 5.10 Å². The van der Waals surface area contributed by atoms with Crippen molar-refractivity contribution >= 4 is 23.5 Å². The van der Waals surface area contributed by atoms with E-state index in [1.807, 2.05) is 0 Å². The number of rotatable bonds is 3. The number of nitrogens with one attached hydrogen (secondary N) is 3. The molecule has 0 bridgehead atoms. The lowest BCUT2D eigenvalue weighted by atomic mass is 10.3. The first kappa shape index (κ1) is 12.6. The number of aromatic amines is 1. The Morgan fingerprint density at radius 2 is 1.84 bits per heavy atom. The summed E-state index contributed by atoms with van der Waals surface area (Å²) in [6, 6.07) is 6.59. The molecule has 0 fully saturated rings. The number of H-pyrrole nitrogens is 1.